The molecule has 1 aromatic carbocycles. The number of benzene rings is 1. The molecule has 2 rings (SSSR count). The first-order chi connectivity index (χ1) is 11.0. The van der Waals surface area contributed by atoms with Crippen LogP contribution < -0.4 is 0 Å². The van der Waals surface area contributed by atoms with Crippen molar-refractivity contribution in [2.24, 2.45) is 0 Å². The molecule has 0 aliphatic heterocycles. The lowest BCUT2D eigenvalue weighted by Crippen LogP contribution is -2.26. The quantitative estimate of drug-likeness (QED) is 0.602. The average molecular weight is 329 g/mol. The Morgan fingerprint density at radius 3 is 2.30 bits per heavy atom. The lowest BCUT2D eigenvalue weighted by atomic mass is 10.1. The maximum atomic E-state index is 12.3. The molecule has 0 atom stereocenters. The summed E-state index contributed by atoms with van der Waals surface area (Å²) in [6, 6.07) is 10.0. The van der Waals surface area contributed by atoms with Gasteiger partial charge in [-0.3, -0.25) is 4.79 Å². The second kappa shape index (κ2) is 8.11. The van der Waals surface area contributed by atoms with Crippen LogP contribution in [-0.4, -0.2) is 34.1 Å². The number of rotatable bonds is 6. The fourth-order valence-electron chi connectivity index (χ4n) is 2.53. The van der Waals surface area contributed by atoms with Crippen LogP contribution in [0, 0.1) is 13.8 Å². The molecule has 1 amide bonds. The third-order valence-electron chi connectivity index (χ3n) is 3.86. The van der Waals surface area contributed by atoms with Gasteiger partial charge in [0.05, 0.1) is 0 Å². The van der Waals surface area contributed by atoms with Crippen molar-refractivity contribution < 1.29 is 4.79 Å². The van der Waals surface area contributed by atoms with Crippen molar-refractivity contribution in [2.45, 2.75) is 38.4 Å². The van der Waals surface area contributed by atoms with Crippen molar-refractivity contribution in [2.75, 3.05) is 13.3 Å². The van der Waals surface area contributed by atoms with Crippen LogP contribution in [0.15, 0.2) is 35.5 Å². The van der Waals surface area contributed by atoms with E-state index in [4.69, 9.17) is 0 Å². The molecule has 0 saturated heterocycles. The average Bonchev–Trinajstić information content (AvgIpc) is 2.54. The van der Waals surface area contributed by atoms with E-state index >= 15 is 0 Å². The van der Waals surface area contributed by atoms with Gasteiger partial charge < -0.3 is 4.90 Å². The first kappa shape index (κ1) is 17.5. The highest BCUT2D eigenvalue weighted by Crippen LogP contribution is 2.17. The molecule has 122 valence electrons. The van der Waals surface area contributed by atoms with Crippen LogP contribution in [0.3, 0.4) is 0 Å². The Hall–Kier alpha value is -1.88. The Morgan fingerprint density at radius 1 is 1.13 bits per heavy atom. The summed E-state index contributed by atoms with van der Waals surface area (Å²) in [5, 5.41) is 0.788. The molecule has 1 aromatic heterocycles. The van der Waals surface area contributed by atoms with E-state index in [1.54, 1.807) is 4.90 Å². The Bertz CT molecular complexity index is 650. The van der Waals surface area contributed by atoms with Crippen LogP contribution in [0.25, 0.3) is 0 Å². The van der Waals surface area contributed by atoms with E-state index in [-0.39, 0.29) is 5.91 Å². The summed E-state index contributed by atoms with van der Waals surface area (Å²) >= 11 is 1.54. The van der Waals surface area contributed by atoms with E-state index < -0.39 is 0 Å². The minimum absolute atomic E-state index is 0.140. The maximum absolute atomic E-state index is 12.3. The Morgan fingerprint density at radius 2 is 1.74 bits per heavy atom. The normalized spacial score (nSPS) is 10.6. The number of amides is 1. The number of carbonyl (C=O) groups is 1. The molecular weight excluding hydrogens is 306 g/mol. The van der Waals surface area contributed by atoms with Crippen molar-refractivity contribution in [1.82, 2.24) is 14.9 Å². The van der Waals surface area contributed by atoms with Gasteiger partial charge in [-0.15, -0.1) is 0 Å². The second-order valence-electron chi connectivity index (χ2n) is 5.60. The minimum Gasteiger partial charge on any atom is -0.341 e. The number of thioether (sulfide) groups is 1. The topological polar surface area (TPSA) is 46.1 Å². The number of hydrogen-bond acceptors (Lipinski definition) is 4. The van der Waals surface area contributed by atoms with Gasteiger partial charge >= 0.3 is 0 Å². The van der Waals surface area contributed by atoms with E-state index in [2.05, 4.69) is 9.97 Å². The van der Waals surface area contributed by atoms with Gasteiger partial charge in [-0.25, -0.2) is 9.97 Å². The number of aryl methyl sites for hydroxylation is 2. The Balaban J connectivity index is 1.96. The predicted octanol–water partition coefficient (Wildman–Crippen LogP) is 3.41. The van der Waals surface area contributed by atoms with Gasteiger partial charge in [-0.2, -0.15) is 0 Å². The highest BCUT2D eigenvalue weighted by Gasteiger charge is 2.13. The molecule has 0 N–H and O–H groups in total. The molecule has 0 spiro atoms. The zero-order chi connectivity index (χ0) is 16.8. The predicted molar refractivity (Wildman–Crippen MR) is 94.5 cm³/mol. The van der Waals surface area contributed by atoms with Crippen LogP contribution in [-0.2, 0) is 17.8 Å². The summed E-state index contributed by atoms with van der Waals surface area (Å²) in [6.07, 6.45) is 3.13. The molecule has 4 nitrogen and oxygen atoms in total. The van der Waals surface area contributed by atoms with Crippen LogP contribution >= 0.6 is 11.8 Å². The summed E-state index contributed by atoms with van der Waals surface area (Å²) < 4.78 is 0. The molecule has 1 heterocycles. The molecule has 0 fully saturated rings. The van der Waals surface area contributed by atoms with Crippen molar-refractivity contribution >= 4 is 17.7 Å². The largest absolute Gasteiger partial charge is 0.341 e. The second-order valence-corrected chi connectivity index (χ2v) is 6.37. The lowest BCUT2D eigenvalue weighted by molar-refractivity contribution is -0.130. The summed E-state index contributed by atoms with van der Waals surface area (Å²) in [5.41, 5.74) is 4.17. The number of hydrogen-bond donors (Lipinski definition) is 0. The molecule has 5 heteroatoms. The number of aromatic nitrogens is 2. The van der Waals surface area contributed by atoms with Gasteiger partial charge in [0.1, 0.15) is 0 Å². The zero-order valence-corrected chi connectivity index (χ0v) is 15.0. The van der Waals surface area contributed by atoms with Crippen molar-refractivity contribution in [3.05, 3.63) is 52.8 Å². The fourth-order valence-corrected chi connectivity index (χ4v) is 2.99. The molecular formula is C18H23N3OS. The van der Waals surface area contributed by atoms with E-state index in [1.807, 2.05) is 57.5 Å². The molecule has 0 bridgehead atoms. The van der Waals surface area contributed by atoms with E-state index in [0.717, 1.165) is 27.7 Å². The van der Waals surface area contributed by atoms with Crippen molar-refractivity contribution in [3.63, 3.8) is 0 Å². The molecule has 0 radical (unpaired) electrons. The molecule has 0 aliphatic carbocycles. The zero-order valence-electron chi connectivity index (χ0n) is 14.2. The SMILES string of the molecule is CSc1nc(C)c(CCC(=O)N(C)Cc2ccccc2)c(C)n1. The summed E-state index contributed by atoms with van der Waals surface area (Å²) in [5.74, 6) is 0.140. The van der Waals surface area contributed by atoms with E-state index in [1.165, 1.54) is 11.8 Å². The van der Waals surface area contributed by atoms with Gasteiger partial charge in [0.2, 0.25) is 5.91 Å². The van der Waals surface area contributed by atoms with Gasteiger partial charge in [-0.05, 0) is 37.7 Å². The van der Waals surface area contributed by atoms with Gasteiger partial charge in [-0.1, -0.05) is 42.1 Å². The number of carbonyl (C=O) groups excluding carboxylic acids is 1. The molecule has 0 saturated carbocycles. The lowest BCUT2D eigenvalue weighted by Gasteiger charge is -2.18. The maximum Gasteiger partial charge on any atom is 0.222 e. The minimum atomic E-state index is 0.140. The van der Waals surface area contributed by atoms with Crippen molar-refractivity contribution in [1.29, 1.82) is 0 Å². The van der Waals surface area contributed by atoms with Gasteiger partial charge in [0.15, 0.2) is 5.16 Å². The standard InChI is InChI=1S/C18H23N3OS/c1-13-16(14(2)20-18(19-13)23-4)10-11-17(22)21(3)12-15-8-6-5-7-9-15/h5-9H,10-12H2,1-4H3. The van der Waals surface area contributed by atoms with Crippen LogP contribution in [0.1, 0.15) is 28.9 Å². The Kier molecular flexibility index (Phi) is 6.16. The molecule has 0 unspecified atom stereocenters. The first-order valence-electron chi connectivity index (χ1n) is 7.67. The van der Waals surface area contributed by atoms with E-state index in [9.17, 15) is 4.79 Å². The smallest absolute Gasteiger partial charge is 0.222 e. The van der Waals surface area contributed by atoms with Crippen LogP contribution in [0.5, 0.6) is 0 Å². The van der Waals surface area contributed by atoms with Crippen LogP contribution in [0.4, 0.5) is 0 Å². The van der Waals surface area contributed by atoms with E-state index in [0.29, 0.717) is 19.4 Å². The Labute approximate surface area is 142 Å². The first-order valence-corrected chi connectivity index (χ1v) is 8.89. The summed E-state index contributed by atoms with van der Waals surface area (Å²) in [6.45, 7) is 4.61. The third kappa shape index (κ3) is 4.79. The summed E-state index contributed by atoms with van der Waals surface area (Å²) in [4.78, 5) is 23.1. The van der Waals surface area contributed by atoms with Gasteiger partial charge in [0.25, 0.3) is 0 Å². The third-order valence-corrected chi connectivity index (χ3v) is 4.41. The summed E-state index contributed by atoms with van der Waals surface area (Å²) in [7, 11) is 1.85. The van der Waals surface area contributed by atoms with Gasteiger partial charge in [0, 0.05) is 31.4 Å². The number of nitrogens with zero attached hydrogens (tertiary/aromatic N) is 3. The fraction of sp³-hybridized carbons (Fsp3) is 0.389. The molecule has 2 aromatic rings. The van der Waals surface area contributed by atoms with Crippen LogP contribution in [0.2, 0.25) is 0 Å². The van der Waals surface area contributed by atoms with Crippen molar-refractivity contribution in [3.8, 4) is 0 Å². The highest BCUT2D eigenvalue weighted by molar-refractivity contribution is 7.98. The molecule has 23 heavy (non-hydrogen) atoms. The molecule has 0 aliphatic rings. The monoisotopic (exact) mass is 329 g/mol. The highest BCUT2D eigenvalue weighted by atomic mass is 32.2.